The summed E-state index contributed by atoms with van der Waals surface area (Å²) in [5, 5.41) is 3.59. The minimum Gasteiger partial charge on any atom is -0.376 e. The highest BCUT2D eigenvalue weighted by Gasteiger charge is 2.18. The highest BCUT2D eigenvalue weighted by Crippen LogP contribution is 2.37. The molecule has 1 N–H and O–H groups in total. The number of hydrogen-bond donors (Lipinski definition) is 1. The van der Waals surface area contributed by atoms with Gasteiger partial charge in [-0.25, -0.2) is 0 Å². The third-order valence-corrected chi connectivity index (χ3v) is 3.99. The molecule has 80 valence electrons. The van der Waals surface area contributed by atoms with Gasteiger partial charge in [0.05, 0.1) is 6.04 Å². The Balaban J connectivity index is 1.89. The van der Waals surface area contributed by atoms with Crippen molar-refractivity contribution in [1.82, 2.24) is 0 Å². The molecule has 1 nitrogen and oxygen atoms in total. The van der Waals surface area contributed by atoms with Gasteiger partial charge >= 0.3 is 0 Å². The molecule has 0 bridgehead atoms. The number of anilines is 1. The molecule has 0 fully saturated rings. The van der Waals surface area contributed by atoms with Crippen LogP contribution in [0.5, 0.6) is 0 Å². The normalized spacial score (nSPS) is 18.6. The van der Waals surface area contributed by atoms with Crippen LogP contribution in [0.4, 0.5) is 5.69 Å². The fourth-order valence-electron chi connectivity index (χ4n) is 1.98. The molecule has 0 saturated carbocycles. The Morgan fingerprint density at radius 3 is 2.56 bits per heavy atom. The summed E-state index contributed by atoms with van der Waals surface area (Å²) in [6.07, 6.45) is 0. The first-order valence-electron chi connectivity index (χ1n) is 5.47. The number of hydrogen-bond acceptors (Lipinski definition) is 2. The van der Waals surface area contributed by atoms with E-state index in [1.807, 2.05) is 11.8 Å². The first kappa shape index (κ1) is 9.79. The van der Waals surface area contributed by atoms with E-state index in [1.54, 1.807) is 0 Å². The first-order chi connectivity index (χ1) is 7.93. The first-order valence-corrected chi connectivity index (χ1v) is 6.45. The monoisotopic (exact) mass is 227 g/mol. The van der Waals surface area contributed by atoms with Gasteiger partial charge in [-0.3, -0.25) is 0 Å². The van der Waals surface area contributed by atoms with E-state index in [-0.39, 0.29) is 0 Å². The van der Waals surface area contributed by atoms with Crippen LogP contribution >= 0.6 is 11.8 Å². The van der Waals surface area contributed by atoms with E-state index in [0.717, 1.165) is 5.75 Å². The Hall–Kier alpha value is -1.41. The third kappa shape index (κ3) is 1.81. The summed E-state index contributed by atoms with van der Waals surface area (Å²) < 4.78 is 0. The lowest BCUT2D eigenvalue weighted by atomic mass is 10.1. The van der Waals surface area contributed by atoms with Crippen LogP contribution < -0.4 is 5.32 Å². The summed E-state index contributed by atoms with van der Waals surface area (Å²) in [5.41, 5.74) is 2.62. The molecule has 2 heteroatoms. The van der Waals surface area contributed by atoms with Crippen molar-refractivity contribution in [2.24, 2.45) is 0 Å². The minimum atomic E-state index is 0.432. The highest BCUT2D eigenvalue weighted by molar-refractivity contribution is 7.99. The minimum absolute atomic E-state index is 0.432. The standard InChI is InChI=1S/C14H13NS/c1-2-6-11(7-3-1)13-10-16-14-9-5-4-8-12(14)15-13/h1-9,13,15H,10H2/t13-/m1/s1. The molecule has 2 aromatic carbocycles. The molecule has 1 aliphatic heterocycles. The average Bonchev–Trinajstić information content (AvgIpc) is 2.39. The molecular weight excluding hydrogens is 214 g/mol. The van der Waals surface area contributed by atoms with Crippen LogP contribution in [-0.4, -0.2) is 5.75 Å². The second kappa shape index (κ2) is 4.22. The lowest BCUT2D eigenvalue weighted by Gasteiger charge is -2.26. The summed E-state index contributed by atoms with van der Waals surface area (Å²) in [6.45, 7) is 0. The van der Waals surface area contributed by atoms with Crippen molar-refractivity contribution in [2.75, 3.05) is 11.1 Å². The lowest BCUT2D eigenvalue weighted by Crippen LogP contribution is -2.17. The molecule has 0 aliphatic carbocycles. The second-order valence-corrected chi connectivity index (χ2v) is 4.98. The maximum Gasteiger partial charge on any atom is 0.0608 e. The van der Waals surface area contributed by atoms with E-state index in [9.17, 15) is 0 Å². The van der Waals surface area contributed by atoms with Crippen molar-refractivity contribution >= 4 is 17.4 Å². The molecule has 0 radical (unpaired) electrons. The van der Waals surface area contributed by atoms with Crippen molar-refractivity contribution in [3.8, 4) is 0 Å². The van der Waals surface area contributed by atoms with Gasteiger partial charge < -0.3 is 5.32 Å². The van der Waals surface area contributed by atoms with Crippen LogP contribution in [0.25, 0.3) is 0 Å². The van der Waals surface area contributed by atoms with Crippen LogP contribution in [-0.2, 0) is 0 Å². The van der Waals surface area contributed by atoms with Crippen LogP contribution in [0, 0.1) is 0 Å². The molecule has 0 saturated heterocycles. The van der Waals surface area contributed by atoms with Gasteiger partial charge in [0, 0.05) is 16.3 Å². The number of para-hydroxylation sites is 1. The number of fused-ring (bicyclic) bond motifs is 1. The third-order valence-electron chi connectivity index (χ3n) is 2.82. The Kier molecular flexibility index (Phi) is 2.58. The average molecular weight is 227 g/mol. The molecule has 16 heavy (non-hydrogen) atoms. The van der Waals surface area contributed by atoms with Gasteiger partial charge in [0.1, 0.15) is 0 Å². The zero-order chi connectivity index (χ0) is 10.8. The summed E-state index contributed by atoms with van der Waals surface area (Å²) in [7, 11) is 0. The maximum atomic E-state index is 3.59. The van der Waals surface area contributed by atoms with Gasteiger partial charge in [0.2, 0.25) is 0 Å². The van der Waals surface area contributed by atoms with Gasteiger partial charge in [-0.05, 0) is 17.7 Å². The van der Waals surface area contributed by atoms with Gasteiger partial charge in [0.15, 0.2) is 0 Å². The molecule has 0 amide bonds. The summed E-state index contributed by atoms with van der Waals surface area (Å²) in [5.74, 6) is 1.10. The van der Waals surface area contributed by atoms with Crippen LogP contribution in [0.2, 0.25) is 0 Å². The van der Waals surface area contributed by atoms with Gasteiger partial charge in [-0.1, -0.05) is 42.5 Å². The zero-order valence-corrected chi connectivity index (χ0v) is 9.71. The fourth-order valence-corrected chi connectivity index (χ4v) is 3.06. The van der Waals surface area contributed by atoms with E-state index >= 15 is 0 Å². The lowest BCUT2D eigenvalue weighted by molar-refractivity contribution is 0.880. The van der Waals surface area contributed by atoms with Crippen molar-refractivity contribution in [1.29, 1.82) is 0 Å². The van der Waals surface area contributed by atoms with E-state index < -0.39 is 0 Å². The molecule has 0 aromatic heterocycles. The second-order valence-electron chi connectivity index (χ2n) is 3.91. The number of benzene rings is 2. The van der Waals surface area contributed by atoms with Crippen LogP contribution in [0.3, 0.4) is 0 Å². The Bertz CT molecular complexity index is 481. The van der Waals surface area contributed by atoms with Crippen molar-refractivity contribution in [3.63, 3.8) is 0 Å². The molecular formula is C14H13NS. The Morgan fingerprint density at radius 2 is 1.69 bits per heavy atom. The molecule has 1 heterocycles. The molecule has 1 aliphatic rings. The molecule has 2 aromatic rings. The van der Waals surface area contributed by atoms with Gasteiger partial charge in [-0.2, -0.15) is 0 Å². The van der Waals surface area contributed by atoms with Crippen molar-refractivity contribution < 1.29 is 0 Å². The van der Waals surface area contributed by atoms with Gasteiger partial charge in [-0.15, -0.1) is 11.8 Å². The predicted octanol–water partition coefficient (Wildman–Crippen LogP) is 3.95. The van der Waals surface area contributed by atoms with E-state index in [4.69, 9.17) is 0 Å². The van der Waals surface area contributed by atoms with Crippen LogP contribution in [0.15, 0.2) is 59.5 Å². The smallest absolute Gasteiger partial charge is 0.0608 e. The quantitative estimate of drug-likeness (QED) is 0.791. The van der Waals surface area contributed by atoms with E-state index in [2.05, 4.69) is 59.9 Å². The SMILES string of the molecule is c1ccc([C@H]2CSc3ccccc3N2)cc1. The topological polar surface area (TPSA) is 12.0 Å². The number of thioether (sulfide) groups is 1. The summed E-state index contributed by atoms with van der Waals surface area (Å²) >= 11 is 1.93. The largest absolute Gasteiger partial charge is 0.376 e. The molecule has 0 spiro atoms. The fraction of sp³-hybridized carbons (Fsp3) is 0.143. The van der Waals surface area contributed by atoms with E-state index in [1.165, 1.54) is 16.1 Å². The van der Waals surface area contributed by atoms with Gasteiger partial charge in [0.25, 0.3) is 0 Å². The predicted molar refractivity (Wildman–Crippen MR) is 70.0 cm³/mol. The number of rotatable bonds is 1. The van der Waals surface area contributed by atoms with Crippen molar-refractivity contribution in [3.05, 3.63) is 60.2 Å². The number of nitrogens with one attached hydrogen (secondary N) is 1. The molecule has 1 atom stereocenters. The Labute approximate surface area is 99.9 Å². The highest BCUT2D eigenvalue weighted by atomic mass is 32.2. The zero-order valence-electron chi connectivity index (χ0n) is 8.89. The molecule has 3 rings (SSSR count). The van der Waals surface area contributed by atoms with E-state index in [0.29, 0.717) is 6.04 Å². The van der Waals surface area contributed by atoms with Crippen LogP contribution in [0.1, 0.15) is 11.6 Å². The molecule has 0 unspecified atom stereocenters. The van der Waals surface area contributed by atoms with Crippen molar-refractivity contribution in [2.45, 2.75) is 10.9 Å². The Morgan fingerprint density at radius 1 is 0.938 bits per heavy atom. The maximum absolute atomic E-state index is 3.59. The summed E-state index contributed by atoms with van der Waals surface area (Å²) in [6, 6.07) is 19.6. The summed E-state index contributed by atoms with van der Waals surface area (Å²) in [4.78, 5) is 1.36.